The van der Waals surface area contributed by atoms with E-state index in [9.17, 15) is 9.59 Å². The lowest BCUT2D eigenvalue weighted by atomic mass is 10.0. The van der Waals surface area contributed by atoms with Crippen LogP contribution < -0.4 is 11.1 Å². The van der Waals surface area contributed by atoms with Gasteiger partial charge in [-0.2, -0.15) is 0 Å². The Morgan fingerprint density at radius 2 is 2.05 bits per heavy atom. The minimum atomic E-state index is -0.330. The number of rotatable bonds is 4. The maximum atomic E-state index is 12.0. The van der Waals surface area contributed by atoms with Crippen LogP contribution in [-0.2, 0) is 4.79 Å². The summed E-state index contributed by atoms with van der Waals surface area (Å²) in [6.07, 6.45) is 1.56. The number of nitrogens with two attached hydrogens (primary N) is 1. The number of amides is 2. The van der Waals surface area contributed by atoms with E-state index in [1.807, 2.05) is 4.90 Å². The minimum Gasteiger partial charge on any atom is -0.369 e. The van der Waals surface area contributed by atoms with Crippen LogP contribution in [0, 0.1) is 0 Å². The van der Waals surface area contributed by atoms with Gasteiger partial charge < -0.3 is 16.0 Å². The number of carbonyl (C=O) groups is 2. The van der Waals surface area contributed by atoms with E-state index in [2.05, 4.69) is 10.3 Å². The molecule has 8 heteroatoms. The number of likely N-dealkylation sites (tertiary alicyclic amines) is 1. The Morgan fingerprint density at radius 1 is 1.40 bits per heavy atom. The largest absolute Gasteiger partial charge is 0.369 e. The molecule has 1 aliphatic rings. The third kappa shape index (κ3) is 3.88. The number of piperidine rings is 1. The monoisotopic (exact) mass is 318 g/mol. The number of nitrogens with one attached hydrogen (secondary N) is 2. The molecule has 0 saturated carbocycles. The Labute approximate surface area is 126 Å². The van der Waals surface area contributed by atoms with E-state index in [1.54, 1.807) is 0 Å². The van der Waals surface area contributed by atoms with E-state index >= 15 is 0 Å². The van der Waals surface area contributed by atoms with Crippen LogP contribution in [0.25, 0.3) is 0 Å². The zero-order valence-electron chi connectivity index (χ0n) is 10.8. The summed E-state index contributed by atoms with van der Waals surface area (Å²) in [7, 11) is 0. The van der Waals surface area contributed by atoms with Crippen molar-refractivity contribution in [1.29, 1.82) is 0 Å². The maximum absolute atomic E-state index is 12.0. The molecule has 6 nitrogen and oxygen atoms in total. The molecule has 1 fully saturated rings. The Morgan fingerprint density at radius 3 is 2.55 bits per heavy atom. The Kier molecular flexibility index (Phi) is 4.91. The highest BCUT2D eigenvalue weighted by Gasteiger charge is 2.22. The molecule has 1 aromatic rings. The summed E-state index contributed by atoms with van der Waals surface area (Å²) < 4.78 is 0. The fraction of sp³-hybridized carbons (Fsp3) is 0.500. The number of primary amides is 1. The quantitative estimate of drug-likeness (QED) is 0.773. The molecule has 4 N–H and O–H groups in total. The summed E-state index contributed by atoms with van der Waals surface area (Å²) in [5.74, 6) is -0.560. The first-order valence-corrected chi connectivity index (χ1v) is 7.07. The summed E-state index contributed by atoms with van der Waals surface area (Å²) in [5.41, 5.74) is 5.50. The first-order chi connectivity index (χ1) is 9.45. The first kappa shape index (κ1) is 15.2. The highest BCUT2D eigenvalue weighted by molar-refractivity contribution is 6.41. The molecule has 0 aliphatic carbocycles. The molecule has 1 aromatic heterocycles. The molecule has 0 bridgehead atoms. The second-order valence-electron chi connectivity index (χ2n) is 4.84. The van der Waals surface area contributed by atoms with Crippen LogP contribution in [0.3, 0.4) is 0 Å². The highest BCUT2D eigenvalue weighted by Crippen LogP contribution is 2.22. The van der Waals surface area contributed by atoms with Crippen LogP contribution in [0.4, 0.5) is 0 Å². The number of aromatic nitrogens is 1. The number of hydrogen-bond acceptors (Lipinski definition) is 3. The van der Waals surface area contributed by atoms with E-state index in [-0.39, 0.29) is 29.6 Å². The van der Waals surface area contributed by atoms with Crippen LogP contribution >= 0.6 is 23.2 Å². The molecule has 1 aliphatic heterocycles. The van der Waals surface area contributed by atoms with Gasteiger partial charge in [-0.1, -0.05) is 23.2 Å². The number of aromatic amines is 1. The van der Waals surface area contributed by atoms with Gasteiger partial charge in [0.2, 0.25) is 5.91 Å². The fourth-order valence-electron chi connectivity index (χ4n) is 2.25. The summed E-state index contributed by atoms with van der Waals surface area (Å²) >= 11 is 11.6. The number of hydrogen-bond donors (Lipinski definition) is 3. The van der Waals surface area contributed by atoms with Crippen molar-refractivity contribution in [2.75, 3.05) is 19.6 Å². The van der Waals surface area contributed by atoms with Crippen molar-refractivity contribution in [3.63, 3.8) is 0 Å². The lowest BCUT2D eigenvalue weighted by molar-refractivity contribution is -0.119. The van der Waals surface area contributed by atoms with E-state index in [4.69, 9.17) is 28.9 Å². The zero-order valence-corrected chi connectivity index (χ0v) is 12.3. The van der Waals surface area contributed by atoms with E-state index in [0.29, 0.717) is 10.7 Å². The van der Waals surface area contributed by atoms with Crippen LogP contribution in [0.1, 0.15) is 23.3 Å². The summed E-state index contributed by atoms with van der Waals surface area (Å²) in [6, 6.07) is 1.58. The molecule has 20 heavy (non-hydrogen) atoms. The molecule has 1 saturated heterocycles. The fourth-order valence-corrected chi connectivity index (χ4v) is 2.56. The average molecular weight is 319 g/mol. The van der Waals surface area contributed by atoms with Crippen LogP contribution in [0.15, 0.2) is 6.07 Å². The molecule has 2 rings (SSSR count). The molecular weight excluding hydrogens is 303 g/mol. The molecule has 0 unspecified atom stereocenters. The van der Waals surface area contributed by atoms with Gasteiger partial charge >= 0.3 is 0 Å². The van der Waals surface area contributed by atoms with E-state index < -0.39 is 0 Å². The lowest BCUT2D eigenvalue weighted by Gasteiger charge is -2.31. The Bertz CT molecular complexity index is 490. The predicted molar refractivity (Wildman–Crippen MR) is 76.9 cm³/mol. The molecule has 0 spiro atoms. The SMILES string of the molecule is NC(=O)CN1CCC(NC(=O)c2cc(Cl)c(Cl)[nH]2)CC1. The van der Waals surface area contributed by atoms with Crippen molar-refractivity contribution >= 4 is 35.0 Å². The third-order valence-electron chi connectivity index (χ3n) is 3.27. The summed E-state index contributed by atoms with van der Waals surface area (Å²) in [6.45, 7) is 1.74. The normalized spacial score (nSPS) is 17.1. The van der Waals surface area contributed by atoms with Crippen molar-refractivity contribution in [2.45, 2.75) is 18.9 Å². The van der Waals surface area contributed by atoms with Crippen molar-refractivity contribution < 1.29 is 9.59 Å². The van der Waals surface area contributed by atoms with E-state index in [1.165, 1.54) is 6.07 Å². The maximum Gasteiger partial charge on any atom is 0.268 e. The van der Waals surface area contributed by atoms with Gasteiger partial charge in [-0.05, 0) is 18.9 Å². The summed E-state index contributed by atoms with van der Waals surface area (Å²) in [5, 5.41) is 3.50. The van der Waals surface area contributed by atoms with Crippen molar-refractivity contribution in [1.82, 2.24) is 15.2 Å². The highest BCUT2D eigenvalue weighted by atomic mass is 35.5. The first-order valence-electron chi connectivity index (χ1n) is 6.31. The van der Waals surface area contributed by atoms with Gasteiger partial charge in [-0.3, -0.25) is 14.5 Å². The van der Waals surface area contributed by atoms with Crippen molar-refractivity contribution in [2.24, 2.45) is 5.73 Å². The van der Waals surface area contributed by atoms with Crippen molar-refractivity contribution in [3.05, 3.63) is 21.9 Å². The molecule has 2 amide bonds. The topological polar surface area (TPSA) is 91.2 Å². The molecule has 0 atom stereocenters. The molecule has 110 valence electrons. The van der Waals surface area contributed by atoms with E-state index in [0.717, 1.165) is 25.9 Å². The van der Waals surface area contributed by atoms with Gasteiger partial charge in [0, 0.05) is 19.1 Å². The number of H-pyrrole nitrogens is 1. The molecule has 0 radical (unpaired) electrons. The van der Waals surface area contributed by atoms with Gasteiger partial charge in [0.1, 0.15) is 10.8 Å². The van der Waals surface area contributed by atoms with Crippen LogP contribution in [0.5, 0.6) is 0 Å². The molecular formula is C12H16Cl2N4O2. The second kappa shape index (κ2) is 6.47. The number of nitrogens with zero attached hydrogens (tertiary/aromatic N) is 1. The van der Waals surface area contributed by atoms with Gasteiger partial charge in [-0.25, -0.2) is 0 Å². The molecule has 0 aromatic carbocycles. The third-order valence-corrected chi connectivity index (χ3v) is 3.96. The van der Waals surface area contributed by atoms with Gasteiger partial charge in [-0.15, -0.1) is 0 Å². The van der Waals surface area contributed by atoms with Gasteiger partial charge in [0.15, 0.2) is 0 Å². The van der Waals surface area contributed by atoms with Crippen LogP contribution in [-0.4, -0.2) is 47.4 Å². The lowest BCUT2D eigenvalue weighted by Crippen LogP contribution is -2.46. The average Bonchev–Trinajstić information content (AvgIpc) is 2.71. The predicted octanol–water partition coefficient (Wildman–Crippen LogP) is 1.00. The Balaban J connectivity index is 1.83. The summed E-state index contributed by atoms with van der Waals surface area (Å²) in [4.78, 5) is 27.5. The number of halogens is 2. The van der Waals surface area contributed by atoms with Gasteiger partial charge in [0.25, 0.3) is 5.91 Å². The second-order valence-corrected chi connectivity index (χ2v) is 5.62. The minimum absolute atomic E-state index is 0.0764. The van der Waals surface area contributed by atoms with Gasteiger partial charge in [0.05, 0.1) is 11.6 Å². The smallest absolute Gasteiger partial charge is 0.268 e. The number of carbonyl (C=O) groups excluding carboxylic acids is 2. The zero-order chi connectivity index (χ0) is 14.7. The van der Waals surface area contributed by atoms with Crippen LogP contribution in [0.2, 0.25) is 10.2 Å². The molecule has 2 heterocycles. The van der Waals surface area contributed by atoms with Crippen molar-refractivity contribution in [3.8, 4) is 0 Å². The Hall–Kier alpha value is -1.24. The standard InChI is InChI=1S/C12H16Cl2N4O2/c13-8-5-9(17-11(8)14)12(20)16-7-1-3-18(4-2-7)6-10(15)19/h5,7,17H,1-4,6H2,(H2,15,19)(H,16,20).